The van der Waals surface area contributed by atoms with Crippen molar-refractivity contribution in [2.24, 2.45) is 12.8 Å². The van der Waals surface area contributed by atoms with Crippen LogP contribution in [-0.4, -0.2) is 44.1 Å². The molecular formula is C13H24N4O2S. The molecule has 0 amide bonds. The summed E-state index contributed by atoms with van der Waals surface area (Å²) >= 11 is 0. The van der Waals surface area contributed by atoms with Gasteiger partial charge in [-0.05, 0) is 32.5 Å². The van der Waals surface area contributed by atoms with Gasteiger partial charge in [0.05, 0.1) is 4.90 Å². The van der Waals surface area contributed by atoms with Crippen molar-refractivity contribution in [3.8, 4) is 0 Å². The first kappa shape index (κ1) is 15.5. The van der Waals surface area contributed by atoms with Gasteiger partial charge < -0.3 is 15.2 Å². The number of likely N-dealkylation sites (N-methyl/N-ethyl adjacent to an activating group) is 1. The van der Waals surface area contributed by atoms with Gasteiger partial charge >= 0.3 is 0 Å². The van der Waals surface area contributed by atoms with Crippen LogP contribution in [0, 0.1) is 0 Å². The van der Waals surface area contributed by atoms with Crippen molar-refractivity contribution in [1.82, 2.24) is 14.2 Å². The van der Waals surface area contributed by atoms with E-state index in [1.54, 1.807) is 23.9 Å². The highest BCUT2D eigenvalue weighted by molar-refractivity contribution is 7.89. The lowest BCUT2D eigenvalue weighted by atomic mass is 10.0. The summed E-state index contributed by atoms with van der Waals surface area (Å²) in [6.45, 7) is 1.83. The van der Waals surface area contributed by atoms with Gasteiger partial charge in [-0.3, -0.25) is 0 Å². The molecule has 20 heavy (non-hydrogen) atoms. The Morgan fingerprint density at radius 2 is 2.15 bits per heavy atom. The van der Waals surface area contributed by atoms with Crippen molar-refractivity contribution in [3.63, 3.8) is 0 Å². The lowest BCUT2D eigenvalue weighted by Gasteiger charge is -2.32. The summed E-state index contributed by atoms with van der Waals surface area (Å²) in [5.74, 6) is 0. The average Bonchev–Trinajstić information content (AvgIpc) is 2.80. The van der Waals surface area contributed by atoms with Gasteiger partial charge in [0, 0.05) is 38.1 Å². The van der Waals surface area contributed by atoms with Crippen LogP contribution in [0.15, 0.2) is 17.2 Å². The predicted octanol–water partition coefficient (Wildman–Crippen LogP) is 0.246. The largest absolute Gasteiger partial charge is 0.352 e. The number of aryl methyl sites for hydroxylation is 1. The van der Waals surface area contributed by atoms with Crippen molar-refractivity contribution in [2.75, 3.05) is 20.1 Å². The van der Waals surface area contributed by atoms with E-state index in [2.05, 4.69) is 9.62 Å². The Morgan fingerprint density at radius 3 is 2.75 bits per heavy atom. The molecule has 0 saturated carbocycles. The van der Waals surface area contributed by atoms with Gasteiger partial charge in [-0.1, -0.05) is 6.42 Å². The zero-order valence-electron chi connectivity index (χ0n) is 12.2. The van der Waals surface area contributed by atoms with Crippen LogP contribution in [0.5, 0.6) is 0 Å². The molecule has 1 aromatic heterocycles. The molecule has 1 fully saturated rings. The molecule has 6 nitrogen and oxygen atoms in total. The molecule has 1 aliphatic rings. The molecule has 2 rings (SSSR count). The molecule has 1 atom stereocenters. The molecule has 0 spiro atoms. The summed E-state index contributed by atoms with van der Waals surface area (Å²) in [7, 11) is 0.403. The minimum absolute atomic E-state index is 0.288. The number of sulfonamides is 1. The minimum Gasteiger partial charge on any atom is -0.352 e. The summed E-state index contributed by atoms with van der Waals surface area (Å²) in [4.78, 5) is 2.52. The highest BCUT2D eigenvalue weighted by Crippen LogP contribution is 2.16. The number of hydrogen-bond acceptors (Lipinski definition) is 4. The Bertz CT molecular complexity index is 553. The molecule has 3 N–H and O–H groups in total. The third kappa shape index (κ3) is 3.41. The lowest BCUT2D eigenvalue weighted by Crippen LogP contribution is -2.44. The zero-order chi connectivity index (χ0) is 14.8. The summed E-state index contributed by atoms with van der Waals surface area (Å²) in [6.07, 6.45) is 5.01. The van der Waals surface area contributed by atoms with Crippen LogP contribution in [0.4, 0.5) is 0 Å². The first-order valence-electron chi connectivity index (χ1n) is 6.99. The van der Waals surface area contributed by atoms with Gasteiger partial charge in [-0.25, -0.2) is 13.1 Å². The summed E-state index contributed by atoms with van der Waals surface area (Å²) in [5.41, 5.74) is 6.38. The quantitative estimate of drug-likeness (QED) is 0.817. The van der Waals surface area contributed by atoms with Gasteiger partial charge in [0.2, 0.25) is 10.0 Å². The molecule has 1 aromatic rings. The van der Waals surface area contributed by atoms with E-state index in [0.717, 1.165) is 18.7 Å². The number of rotatable bonds is 5. The molecule has 0 aromatic carbocycles. The third-order valence-electron chi connectivity index (χ3n) is 4.03. The van der Waals surface area contributed by atoms with E-state index in [0.29, 0.717) is 18.0 Å². The normalized spacial score (nSPS) is 21.2. The molecule has 1 unspecified atom stereocenters. The molecule has 1 saturated heterocycles. The number of hydrogen-bond donors (Lipinski definition) is 2. The van der Waals surface area contributed by atoms with Crippen LogP contribution in [0.2, 0.25) is 0 Å². The van der Waals surface area contributed by atoms with Gasteiger partial charge in [-0.2, -0.15) is 0 Å². The summed E-state index contributed by atoms with van der Waals surface area (Å²) < 4.78 is 29.0. The molecule has 0 aliphatic carbocycles. The summed E-state index contributed by atoms with van der Waals surface area (Å²) in [5, 5.41) is 0. The lowest BCUT2D eigenvalue weighted by molar-refractivity contribution is 0.187. The van der Waals surface area contributed by atoms with Crippen molar-refractivity contribution >= 4 is 10.0 Å². The van der Waals surface area contributed by atoms with E-state index in [4.69, 9.17) is 5.73 Å². The van der Waals surface area contributed by atoms with Crippen LogP contribution >= 0.6 is 0 Å². The first-order valence-corrected chi connectivity index (χ1v) is 8.47. The molecule has 0 radical (unpaired) electrons. The van der Waals surface area contributed by atoms with Crippen LogP contribution in [0.25, 0.3) is 0 Å². The first-order chi connectivity index (χ1) is 9.44. The fourth-order valence-electron chi connectivity index (χ4n) is 2.62. The van der Waals surface area contributed by atoms with Crippen molar-refractivity contribution in [2.45, 2.75) is 36.7 Å². The number of nitrogens with zero attached hydrogens (tertiary/aromatic N) is 2. The number of aromatic nitrogens is 1. The number of nitrogens with two attached hydrogens (primary N) is 1. The van der Waals surface area contributed by atoms with Crippen molar-refractivity contribution in [1.29, 1.82) is 0 Å². The predicted molar refractivity (Wildman–Crippen MR) is 78.8 cm³/mol. The fourth-order valence-corrected chi connectivity index (χ4v) is 3.78. The number of nitrogens with one attached hydrogen (secondary N) is 1. The van der Waals surface area contributed by atoms with Gasteiger partial charge in [0.1, 0.15) is 0 Å². The Hall–Kier alpha value is -0.890. The monoisotopic (exact) mass is 300 g/mol. The highest BCUT2D eigenvalue weighted by atomic mass is 32.2. The van der Waals surface area contributed by atoms with Crippen LogP contribution < -0.4 is 10.5 Å². The molecular weight excluding hydrogens is 276 g/mol. The second-order valence-electron chi connectivity index (χ2n) is 5.46. The maximum atomic E-state index is 12.3. The molecule has 1 aliphatic heterocycles. The highest BCUT2D eigenvalue weighted by Gasteiger charge is 2.23. The van der Waals surface area contributed by atoms with Gasteiger partial charge in [0.25, 0.3) is 0 Å². The van der Waals surface area contributed by atoms with E-state index in [9.17, 15) is 8.42 Å². The second kappa shape index (κ2) is 6.26. The Labute approximate surface area is 121 Å². The van der Waals surface area contributed by atoms with E-state index in [1.165, 1.54) is 12.8 Å². The molecule has 2 heterocycles. The van der Waals surface area contributed by atoms with E-state index >= 15 is 0 Å². The molecule has 0 bridgehead atoms. The van der Waals surface area contributed by atoms with E-state index in [-0.39, 0.29) is 6.04 Å². The van der Waals surface area contributed by atoms with Crippen molar-refractivity contribution < 1.29 is 8.42 Å². The van der Waals surface area contributed by atoms with E-state index in [1.807, 2.05) is 7.05 Å². The smallest absolute Gasteiger partial charge is 0.242 e. The van der Waals surface area contributed by atoms with Crippen LogP contribution in [0.1, 0.15) is 25.0 Å². The van der Waals surface area contributed by atoms with Crippen molar-refractivity contribution in [3.05, 3.63) is 18.0 Å². The third-order valence-corrected chi connectivity index (χ3v) is 5.42. The SMILES string of the molecule is CN1CCCCC1CNS(=O)(=O)c1cc(CN)n(C)c1. The maximum absolute atomic E-state index is 12.3. The standard InChI is InChI=1S/C13H24N4O2S/c1-16-6-4-3-5-11(16)9-15-20(18,19)13-7-12(8-14)17(2)10-13/h7,10-11,15H,3-6,8-9,14H2,1-2H3. The molecule has 114 valence electrons. The van der Waals surface area contributed by atoms with Gasteiger partial charge in [0.15, 0.2) is 0 Å². The fraction of sp³-hybridized carbons (Fsp3) is 0.692. The number of likely N-dealkylation sites (tertiary alicyclic amines) is 1. The Kier molecular flexibility index (Phi) is 4.85. The zero-order valence-corrected chi connectivity index (χ0v) is 13.0. The minimum atomic E-state index is -3.45. The second-order valence-corrected chi connectivity index (χ2v) is 7.23. The maximum Gasteiger partial charge on any atom is 0.242 e. The summed E-state index contributed by atoms with van der Waals surface area (Å²) in [6, 6.07) is 1.92. The molecule has 7 heteroatoms. The van der Waals surface area contributed by atoms with Crippen LogP contribution in [0.3, 0.4) is 0 Å². The average molecular weight is 300 g/mol. The Morgan fingerprint density at radius 1 is 1.40 bits per heavy atom. The Balaban J connectivity index is 2.03. The number of piperidine rings is 1. The van der Waals surface area contributed by atoms with Crippen LogP contribution in [-0.2, 0) is 23.6 Å². The van der Waals surface area contributed by atoms with Gasteiger partial charge in [-0.15, -0.1) is 0 Å². The van der Waals surface area contributed by atoms with E-state index < -0.39 is 10.0 Å². The topological polar surface area (TPSA) is 80.4 Å².